The number of nitrogens with zero attached hydrogens (tertiary/aromatic N) is 3. The van der Waals surface area contributed by atoms with Crippen LogP contribution < -0.4 is 0 Å². The molecule has 3 rings (SSSR count). The van der Waals surface area contributed by atoms with Gasteiger partial charge in [-0.1, -0.05) is 30.3 Å². The van der Waals surface area contributed by atoms with Gasteiger partial charge in [-0.2, -0.15) is 0 Å². The van der Waals surface area contributed by atoms with Gasteiger partial charge in [-0.3, -0.25) is 0 Å². The van der Waals surface area contributed by atoms with E-state index in [2.05, 4.69) is 14.8 Å². The first-order valence-corrected chi connectivity index (χ1v) is 5.79. The number of carbonyl (C=O) groups is 1. The molecule has 0 spiro atoms. The molecule has 0 fully saturated rings. The first-order valence-electron chi connectivity index (χ1n) is 5.79. The van der Waals surface area contributed by atoms with Crippen LogP contribution in [-0.2, 0) is 4.74 Å². The quantitative estimate of drug-likeness (QED) is 0.657. The molecule has 0 bridgehead atoms. The normalized spacial score (nSPS) is 10.6. The minimum absolute atomic E-state index is 0.0610. The van der Waals surface area contributed by atoms with Gasteiger partial charge in [0.25, 0.3) is 5.82 Å². The fraction of sp³-hybridized carbons (Fsp3) is 0.0714. The summed E-state index contributed by atoms with van der Waals surface area (Å²) in [5.41, 5.74) is 2.58. The molecular formula is C14H11N3O2. The van der Waals surface area contributed by atoms with Gasteiger partial charge in [0.1, 0.15) is 0 Å². The van der Waals surface area contributed by atoms with E-state index in [1.807, 2.05) is 42.5 Å². The highest BCUT2D eigenvalue weighted by molar-refractivity contribution is 5.87. The Balaban J connectivity index is 2.21. The average molecular weight is 253 g/mol. The molecule has 0 amide bonds. The number of carbonyl (C=O) groups excluding carboxylic acids is 1. The van der Waals surface area contributed by atoms with Crippen LogP contribution in [0.3, 0.4) is 0 Å². The Kier molecular flexibility index (Phi) is 2.72. The van der Waals surface area contributed by atoms with Crippen molar-refractivity contribution in [3.05, 3.63) is 54.5 Å². The summed E-state index contributed by atoms with van der Waals surface area (Å²) in [6.45, 7) is 0. The minimum atomic E-state index is -0.539. The number of aromatic nitrogens is 3. The predicted octanol–water partition coefficient (Wildman–Crippen LogP) is 2.18. The molecule has 0 radical (unpaired) electrons. The highest BCUT2D eigenvalue weighted by atomic mass is 16.5. The lowest BCUT2D eigenvalue weighted by Gasteiger charge is -2.01. The second kappa shape index (κ2) is 4.53. The van der Waals surface area contributed by atoms with Gasteiger partial charge in [-0.05, 0) is 17.7 Å². The van der Waals surface area contributed by atoms with Crippen LogP contribution in [0.5, 0.6) is 0 Å². The third kappa shape index (κ3) is 1.95. The van der Waals surface area contributed by atoms with Crippen LogP contribution >= 0.6 is 0 Å². The third-order valence-electron chi connectivity index (χ3n) is 2.82. The van der Waals surface area contributed by atoms with Crippen molar-refractivity contribution >= 4 is 11.6 Å². The van der Waals surface area contributed by atoms with Gasteiger partial charge in [0, 0.05) is 11.8 Å². The number of fused-ring (bicyclic) bond motifs is 1. The standard InChI is InChI=1S/C14H11N3O2/c1-19-14(18)12-15-13-11(8-5-9-17(13)16-12)10-6-3-2-4-7-10/h2-9H,1H3. The second-order valence-corrected chi connectivity index (χ2v) is 3.98. The highest BCUT2D eigenvalue weighted by Gasteiger charge is 2.15. The van der Waals surface area contributed by atoms with E-state index in [4.69, 9.17) is 0 Å². The van der Waals surface area contributed by atoms with Gasteiger partial charge in [-0.25, -0.2) is 14.3 Å². The Bertz CT molecular complexity index is 735. The molecule has 0 atom stereocenters. The molecular weight excluding hydrogens is 242 g/mol. The maximum absolute atomic E-state index is 11.5. The first kappa shape index (κ1) is 11.4. The Hall–Kier alpha value is -2.69. The maximum atomic E-state index is 11.5. The number of hydrogen-bond acceptors (Lipinski definition) is 4. The van der Waals surface area contributed by atoms with Crippen molar-refractivity contribution in [1.82, 2.24) is 14.6 Å². The molecule has 94 valence electrons. The molecule has 5 heteroatoms. The summed E-state index contributed by atoms with van der Waals surface area (Å²) in [6.07, 6.45) is 1.75. The Morgan fingerprint density at radius 3 is 2.68 bits per heavy atom. The monoisotopic (exact) mass is 253 g/mol. The number of esters is 1. The van der Waals surface area contributed by atoms with Crippen LogP contribution in [0.4, 0.5) is 0 Å². The zero-order valence-corrected chi connectivity index (χ0v) is 10.3. The molecule has 0 saturated carbocycles. The summed E-state index contributed by atoms with van der Waals surface area (Å²) in [4.78, 5) is 15.7. The van der Waals surface area contributed by atoms with E-state index in [0.717, 1.165) is 11.1 Å². The first-order chi connectivity index (χ1) is 9.29. The molecule has 19 heavy (non-hydrogen) atoms. The Morgan fingerprint density at radius 2 is 1.95 bits per heavy atom. The van der Waals surface area contributed by atoms with Crippen molar-refractivity contribution in [3.8, 4) is 11.1 Å². The number of benzene rings is 1. The van der Waals surface area contributed by atoms with Gasteiger partial charge >= 0.3 is 5.97 Å². The van der Waals surface area contributed by atoms with Crippen LogP contribution in [0.15, 0.2) is 48.7 Å². The number of rotatable bonds is 2. The predicted molar refractivity (Wildman–Crippen MR) is 69.8 cm³/mol. The molecule has 0 aliphatic heterocycles. The Labute approximate surface area is 109 Å². The lowest BCUT2D eigenvalue weighted by Crippen LogP contribution is -2.03. The van der Waals surface area contributed by atoms with Crippen LogP contribution in [0.25, 0.3) is 16.8 Å². The lowest BCUT2D eigenvalue weighted by molar-refractivity contribution is 0.0587. The largest absolute Gasteiger partial charge is 0.463 e. The van der Waals surface area contributed by atoms with Crippen molar-refractivity contribution in [2.75, 3.05) is 7.11 Å². The SMILES string of the molecule is COC(=O)c1nc2c(-c3ccccc3)cccn2n1. The molecule has 5 nitrogen and oxygen atoms in total. The van der Waals surface area contributed by atoms with E-state index < -0.39 is 5.97 Å². The average Bonchev–Trinajstić information content (AvgIpc) is 2.91. The number of hydrogen-bond donors (Lipinski definition) is 0. The summed E-state index contributed by atoms with van der Waals surface area (Å²) in [6, 6.07) is 13.6. The van der Waals surface area contributed by atoms with Crippen LogP contribution in [-0.4, -0.2) is 27.7 Å². The second-order valence-electron chi connectivity index (χ2n) is 3.98. The third-order valence-corrected chi connectivity index (χ3v) is 2.82. The summed E-state index contributed by atoms with van der Waals surface area (Å²) in [5.74, 6) is -0.478. The molecule has 0 N–H and O–H groups in total. The summed E-state index contributed by atoms with van der Waals surface area (Å²) in [7, 11) is 1.31. The van der Waals surface area contributed by atoms with Gasteiger partial charge in [-0.15, -0.1) is 5.10 Å². The van der Waals surface area contributed by atoms with Crippen molar-refractivity contribution in [2.24, 2.45) is 0 Å². The van der Waals surface area contributed by atoms with E-state index in [9.17, 15) is 4.79 Å². The minimum Gasteiger partial charge on any atom is -0.463 e. The summed E-state index contributed by atoms with van der Waals surface area (Å²) >= 11 is 0. The van der Waals surface area contributed by atoms with Crippen LogP contribution in [0.1, 0.15) is 10.6 Å². The van der Waals surface area contributed by atoms with Gasteiger partial charge < -0.3 is 4.74 Å². The van der Waals surface area contributed by atoms with E-state index in [1.165, 1.54) is 7.11 Å². The molecule has 0 aliphatic carbocycles. The van der Waals surface area contributed by atoms with E-state index >= 15 is 0 Å². The Morgan fingerprint density at radius 1 is 1.16 bits per heavy atom. The fourth-order valence-electron chi connectivity index (χ4n) is 1.93. The van der Waals surface area contributed by atoms with Crippen LogP contribution in [0, 0.1) is 0 Å². The fourth-order valence-corrected chi connectivity index (χ4v) is 1.93. The van der Waals surface area contributed by atoms with Crippen molar-refractivity contribution < 1.29 is 9.53 Å². The molecule has 2 heterocycles. The van der Waals surface area contributed by atoms with E-state index in [0.29, 0.717) is 5.65 Å². The van der Waals surface area contributed by atoms with Gasteiger partial charge in [0.2, 0.25) is 0 Å². The topological polar surface area (TPSA) is 56.5 Å². The number of pyridine rings is 1. The van der Waals surface area contributed by atoms with E-state index in [-0.39, 0.29) is 5.82 Å². The van der Waals surface area contributed by atoms with Crippen molar-refractivity contribution in [1.29, 1.82) is 0 Å². The molecule has 0 unspecified atom stereocenters. The number of ether oxygens (including phenoxy) is 1. The lowest BCUT2D eigenvalue weighted by atomic mass is 10.1. The zero-order valence-electron chi connectivity index (χ0n) is 10.3. The maximum Gasteiger partial charge on any atom is 0.377 e. The van der Waals surface area contributed by atoms with Gasteiger partial charge in [0.05, 0.1) is 7.11 Å². The highest BCUT2D eigenvalue weighted by Crippen LogP contribution is 2.22. The van der Waals surface area contributed by atoms with E-state index in [1.54, 1.807) is 10.7 Å². The van der Waals surface area contributed by atoms with Crippen molar-refractivity contribution in [2.45, 2.75) is 0 Å². The van der Waals surface area contributed by atoms with Crippen LogP contribution in [0.2, 0.25) is 0 Å². The molecule has 3 aromatic rings. The molecule has 1 aromatic carbocycles. The summed E-state index contributed by atoms with van der Waals surface area (Å²) < 4.78 is 6.21. The van der Waals surface area contributed by atoms with Crippen molar-refractivity contribution in [3.63, 3.8) is 0 Å². The molecule has 0 aliphatic rings. The van der Waals surface area contributed by atoms with Gasteiger partial charge in [0.15, 0.2) is 5.65 Å². The molecule has 0 saturated heterocycles. The summed E-state index contributed by atoms with van der Waals surface area (Å²) in [5, 5.41) is 4.10. The molecule has 2 aromatic heterocycles. The number of methoxy groups -OCH3 is 1. The smallest absolute Gasteiger partial charge is 0.377 e. The zero-order chi connectivity index (χ0) is 13.2.